The zero-order valence-corrected chi connectivity index (χ0v) is 13.5. The summed E-state index contributed by atoms with van der Waals surface area (Å²) in [6, 6.07) is 7.08. The van der Waals surface area contributed by atoms with Gasteiger partial charge in [0.25, 0.3) is 0 Å². The van der Waals surface area contributed by atoms with Crippen LogP contribution in [0.1, 0.15) is 23.8 Å². The second-order valence-electron chi connectivity index (χ2n) is 6.51. The molecule has 2 unspecified atom stereocenters. The number of aromatic nitrogens is 2. The topological polar surface area (TPSA) is 67.6 Å². The van der Waals surface area contributed by atoms with Crippen LogP contribution in [0.2, 0.25) is 0 Å². The van der Waals surface area contributed by atoms with Gasteiger partial charge >= 0.3 is 0 Å². The molecule has 3 heterocycles. The van der Waals surface area contributed by atoms with Gasteiger partial charge < -0.3 is 19.3 Å². The molecule has 4 rings (SSSR count). The van der Waals surface area contributed by atoms with Crippen LogP contribution in [-0.4, -0.2) is 45.2 Å². The van der Waals surface area contributed by atoms with Crippen LogP contribution in [0.5, 0.6) is 5.75 Å². The van der Waals surface area contributed by atoms with E-state index >= 15 is 0 Å². The summed E-state index contributed by atoms with van der Waals surface area (Å²) in [6.07, 6.45) is 5.13. The fraction of sp³-hybridized carbons (Fsp3) is 0.444. The third kappa shape index (κ3) is 2.89. The molecule has 1 amide bonds. The smallest absolute Gasteiger partial charge is 0.226 e. The van der Waals surface area contributed by atoms with Crippen molar-refractivity contribution in [1.82, 2.24) is 14.5 Å². The predicted molar refractivity (Wildman–Crippen MR) is 87.4 cm³/mol. The number of rotatable bonds is 2. The van der Waals surface area contributed by atoms with Crippen molar-refractivity contribution >= 4 is 5.91 Å². The van der Waals surface area contributed by atoms with Gasteiger partial charge in [-0.05, 0) is 24.1 Å². The number of fused-ring (bicyclic) bond motifs is 1. The number of nitrogens with zero attached hydrogens (tertiary/aromatic N) is 3. The molecule has 1 aromatic heterocycles. The molecule has 1 saturated heterocycles. The molecule has 1 fully saturated rings. The van der Waals surface area contributed by atoms with Gasteiger partial charge in [0.15, 0.2) is 0 Å². The standard InChI is InChI=1S/C18H21N3O3/c22-16-3-1-2-13(9-16)17-11-20(6-7-24-17)18(23)14-4-5-21-12-19-10-15(21)8-14/h1-3,9-10,12,14,17,22H,4-8,11H2. The number of carbonyl (C=O) groups is 1. The van der Waals surface area contributed by atoms with Crippen LogP contribution in [0.25, 0.3) is 0 Å². The van der Waals surface area contributed by atoms with Gasteiger partial charge in [0, 0.05) is 37.3 Å². The van der Waals surface area contributed by atoms with Crippen molar-refractivity contribution in [2.75, 3.05) is 19.7 Å². The van der Waals surface area contributed by atoms with Crippen LogP contribution in [0, 0.1) is 5.92 Å². The molecule has 0 spiro atoms. The SMILES string of the molecule is O=C(C1CCn2cncc2C1)N1CCOC(c2cccc(O)c2)C1. The quantitative estimate of drug-likeness (QED) is 0.912. The highest BCUT2D eigenvalue weighted by atomic mass is 16.5. The Morgan fingerprint density at radius 1 is 1.33 bits per heavy atom. The van der Waals surface area contributed by atoms with E-state index in [1.165, 1.54) is 0 Å². The zero-order chi connectivity index (χ0) is 16.5. The summed E-state index contributed by atoms with van der Waals surface area (Å²) in [7, 11) is 0. The van der Waals surface area contributed by atoms with E-state index in [1.807, 2.05) is 23.5 Å². The van der Waals surface area contributed by atoms with Crippen molar-refractivity contribution in [3.8, 4) is 5.75 Å². The Balaban J connectivity index is 1.45. The Bertz CT molecular complexity index is 743. The molecule has 0 bridgehead atoms. The maximum absolute atomic E-state index is 12.9. The number of ether oxygens (including phenoxy) is 1. The Kier molecular flexibility index (Phi) is 3.98. The van der Waals surface area contributed by atoms with Gasteiger partial charge in [0.2, 0.25) is 5.91 Å². The molecule has 6 nitrogen and oxygen atoms in total. The molecule has 2 atom stereocenters. The van der Waals surface area contributed by atoms with Crippen LogP contribution < -0.4 is 0 Å². The number of phenols is 1. The molecule has 6 heteroatoms. The molecule has 126 valence electrons. The number of carbonyl (C=O) groups excluding carboxylic acids is 1. The lowest BCUT2D eigenvalue weighted by Crippen LogP contribution is -2.46. The van der Waals surface area contributed by atoms with Crippen molar-refractivity contribution in [2.24, 2.45) is 5.92 Å². The maximum Gasteiger partial charge on any atom is 0.226 e. The second-order valence-corrected chi connectivity index (χ2v) is 6.51. The summed E-state index contributed by atoms with van der Waals surface area (Å²) in [5.74, 6) is 0.452. The average Bonchev–Trinajstić information content (AvgIpc) is 3.09. The molecular formula is C18H21N3O3. The van der Waals surface area contributed by atoms with E-state index in [1.54, 1.807) is 18.2 Å². The summed E-state index contributed by atoms with van der Waals surface area (Å²) in [5, 5.41) is 9.65. The molecule has 0 saturated carbocycles. The first-order valence-electron chi connectivity index (χ1n) is 8.39. The Morgan fingerprint density at radius 2 is 2.25 bits per heavy atom. The van der Waals surface area contributed by atoms with Crippen molar-refractivity contribution in [3.63, 3.8) is 0 Å². The minimum atomic E-state index is -0.177. The third-order valence-electron chi connectivity index (χ3n) is 4.94. The first kappa shape index (κ1) is 15.2. The molecule has 2 aliphatic rings. The fourth-order valence-electron chi connectivity index (χ4n) is 3.61. The summed E-state index contributed by atoms with van der Waals surface area (Å²) in [4.78, 5) is 19.0. The third-order valence-corrected chi connectivity index (χ3v) is 4.94. The summed E-state index contributed by atoms with van der Waals surface area (Å²) in [6.45, 7) is 2.55. The van der Waals surface area contributed by atoms with Crippen molar-refractivity contribution in [2.45, 2.75) is 25.5 Å². The second kappa shape index (κ2) is 6.28. The van der Waals surface area contributed by atoms with E-state index in [0.29, 0.717) is 19.7 Å². The fourth-order valence-corrected chi connectivity index (χ4v) is 3.61. The van der Waals surface area contributed by atoms with Gasteiger partial charge in [-0.3, -0.25) is 4.79 Å². The lowest BCUT2D eigenvalue weighted by atomic mass is 9.94. The Labute approximate surface area is 140 Å². The van der Waals surface area contributed by atoms with Crippen LogP contribution in [0.15, 0.2) is 36.8 Å². The number of aryl methyl sites for hydroxylation is 1. The van der Waals surface area contributed by atoms with Crippen LogP contribution in [-0.2, 0) is 22.5 Å². The molecule has 0 aliphatic carbocycles. The largest absolute Gasteiger partial charge is 0.508 e. The predicted octanol–water partition coefficient (Wildman–Crippen LogP) is 1.75. The van der Waals surface area contributed by atoms with Gasteiger partial charge in [-0.2, -0.15) is 0 Å². The van der Waals surface area contributed by atoms with E-state index in [9.17, 15) is 9.90 Å². The minimum absolute atomic E-state index is 0.0251. The average molecular weight is 327 g/mol. The number of amides is 1. The Hall–Kier alpha value is -2.34. The van der Waals surface area contributed by atoms with Crippen molar-refractivity contribution in [3.05, 3.63) is 48.0 Å². The van der Waals surface area contributed by atoms with E-state index < -0.39 is 0 Å². The van der Waals surface area contributed by atoms with E-state index in [2.05, 4.69) is 9.55 Å². The number of phenolic OH excluding ortho intramolecular Hbond substituents is 1. The van der Waals surface area contributed by atoms with Crippen LogP contribution >= 0.6 is 0 Å². The van der Waals surface area contributed by atoms with Gasteiger partial charge in [0.05, 0.1) is 19.5 Å². The van der Waals surface area contributed by atoms with Gasteiger partial charge in [0.1, 0.15) is 11.9 Å². The first-order valence-corrected chi connectivity index (χ1v) is 8.39. The van der Waals surface area contributed by atoms with Crippen molar-refractivity contribution in [1.29, 1.82) is 0 Å². The van der Waals surface area contributed by atoms with Crippen LogP contribution in [0.3, 0.4) is 0 Å². The van der Waals surface area contributed by atoms with E-state index in [-0.39, 0.29) is 23.7 Å². The number of benzene rings is 1. The summed E-state index contributed by atoms with van der Waals surface area (Å²) < 4.78 is 7.94. The minimum Gasteiger partial charge on any atom is -0.508 e. The monoisotopic (exact) mass is 327 g/mol. The van der Waals surface area contributed by atoms with E-state index in [4.69, 9.17) is 4.74 Å². The van der Waals surface area contributed by atoms with Crippen LogP contribution in [0.4, 0.5) is 0 Å². The molecule has 24 heavy (non-hydrogen) atoms. The number of hydrogen-bond donors (Lipinski definition) is 1. The van der Waals surface area contributed by atoms with E-state index in [0.717, 1.165) is 30.6 Å². The van der Waals surface area contributed by atoms with Gasteiger partial charge in [-0.1, -0.05) is 12.1 Å². The number of aromatic hydroxyl groups is 1. The molecule has 2 aromatic rings. The lowest BCUT2D eigenvalue weighted by molar-refractivity contribution is -0.144. The van der Waals surface area contributed by atoms with Gasteiger partial charge in [-0.25, -0.2) is 4.98 Å². The van der Waals surface area contributed by atoms with Crippen molar-refractivity contribution < 1.29 is 14.6 Å². The highest BCUT2D eigenvalue weighted by Gasteiger charge is 2.32. The molecule has 1 aromatic carbocycles. The lowest BCUT2D eigenvalue weighted by Gasteiger charge is -2.36. The molecule has 2 aliphatic heterocycles. The maximum atomic E-state index is 12.9. The first-order chi connectivity index (χ1) is 11.7. The van der Waals surface area contributed by atoms with Gasteiger partial charge in [-0.15, -0.1) is 0 Å². The number of hydrogen-bond acceptors (Lipinski definition) is 4. The highest BCUT2D eigenvalue weighted by molar-refractivity contribution is 5.79. The number of morpholine rings is 1. The molecule has 0 radical (unpaired) electrons. The zero-order valence-electron chi connectivity index (χ0n) is 13.5. The Morgan fingerprint density at radius 3 is 3.12 bits per heavy atom. The molecular weight excluding hydrogens is 306 g/mol. The normalized spacial score (nSPS) is 23.8. The summed E-state index contributed by atoms with van der Waals surface area (Å²) >= 11 is 0. The molecule has 1 N–H and O–H groups in total. The number of imidazole rings is 1. The summed E-state index contributed by atoms with van der Waals surface area (Å²) in [5.41, 5.74) is 2.05. The highest BCUT2D eigenvalue weighted by Crippen LogP contribution is 2.28.